The molecule has 2 rings (SSSR count). The highest BCUT2D eigenvalue weighted by molar-refractivity contribution is 5.87. The smallest absolute Gasteiger partial charge is 0.335 e. The van der Waals surface area contributed by atoms with Gasteiger partial charge in [-0.1, -0.05) is 71.0 Å². The van der Waals surface area contributed by atoms with Crippen LogP contribution in [0.1, 0.15) is 55.3 Å². The van der Waals surface area contributed by atoms with Crippen molar-refractivity contribution in [3.63, 3.8) is 0 Å². The third-order valence-electron chi connectivity index (χ3n) is 4.14. The number of aromatic carboxylic acids is 2. The van der Waals surface area contributed by atoms with E-state index in [0.717, 1.165) is 17.8 Å². The number of hydrogen-bond donors (Lipinski definition) is 2. The summed E-state index contributed by atoms with van der Waals surface area (Å²) in [5.74, 6) is 0.797. The quantitative estimate of drug-likeness (QED) is 0.734. The molecule has 4 nitrogen and oxygen atoms in total. The second-order valence-electron chi connectivity index (χ2n) is 6.69. The molecule has 0 spiro atoms. The third-order valence-corrected chi connectivity index (χ3v) is 4.14. The molecule has 4 heteroatoms. The van der Waals surface area contributed by atoms with Gasteiger partial charge in [-0.05, 0) is 42.0 Å². The summed E-state index contributed by atoms with van der Waals surface area (Å²) in [5.41, 5.74) is 0.662. The topological polar surface area (TPSA) is 74.6 Å². The van der Waals surface area contributed by atoms with E-state index in [9.17, 15) is 9.59 Å². The molecule has 0 saturated carbocycles. The van der Waals surface area contributed by atoms with Crippen molar-refractivity contribution in [1.29, 1.82) is 0 Å². The summed E-state index contributed by atoms with van der Waals surface area (Å²) in [6, 6.07) is 16.6. The fourth-order valence-corrected chi connectivity index (χ4v) is 1.93. The Kier molecular flexibility index (Phi) is 11.4. The summed E-state index contributed by atoms with van der Waals surface area (Å²) in [4.78, 5) is 20.4. The highest BCUT2D eigenvalue weighted by atomic mass is 16.4. The first-order valence-electron chi connectivity index (χ1n) is 8.73. The van der Waals surface area contributed by atoms with Crippen LogP contribution in [0.25, 0.3) is 0 Å². The zero-order chi connectivity index (χ0) is 20.1. The van der Waals surface area contributed by atoms with Gasteiger partial charge >= 0.3 is 11.9 Å². The van der Waals surface area contributed by atoms with Crippen LogP contribution in [0, 0.1) is 17.8 Å². The Morgan fingerprint density at radius 2 is 0.885 bits per heavy atom. The molecular weight excluding hydrogens is 328 g/mol. The van der Waals surface area contributed by atoms with E-state index >= 15 is 0 Å². The Labute approximate surface area is 156 Å². The van der Waals surface area contributed by atoms with Gasteiger partial charge in [0.1, 0.15) is 0 Å². The number of carbonyl (C=O) groups is 2. The predicted octanol–water partition coefficient (Wildman–Crippen LogP) is 5.70. The molecule has 0 unspecified atom stereocenters. The second kappa shape index (κ2) is 12.7. The van der Waals surface area contributed by atoms with Crippen LogP contribution in [0.4, 0.5) is 0 Å². The van der Waals surface area contributed by atoms with E-state index in [4.69, 9.17) is 10.2 Å². The Bertz CT molecular complexity index is 576. The van der Waals surface area contributed by atoms with E-state index in [1.807, 2.05) is 0 Å². The number of carboxylic acid groups (broad SMARTS) is 2. The highest BCUT2D eigenvalue weighted by Gasteiger charge is 2.09. The van der Waals surface area contributed by atoms with E-state index in [2.05, 4.69) is 34.6 Å². The van der Waals surface area contributed by atoms with Gasteiger partial charge < -0.3 is 10.2 Å². The van der Waals surface area contributed by atoms with Crippen LogP contribution in [0.2, 0.25) is 0 Å². The molecule has 142 valence electrons. The molecule has 0 aliphatic rings. The maximum Gasteiger partial charge on any atom is 0.335 e. The molecule has 0 heterocycles. The van der Waals surface area contributed by atoms with Gasteiger partial charge in [0.25, 0.3) is 0 Å². The van der Waals surface area contributed by atoms with Gasteiger partial charge in [0.2, 0.25) is 0 Å². The first-order valence-corrected chi connectivity index (χ1v) is 8.73. The standard InChI is InChI=1S/C8H18.2C7H6O2/c1-6(2)8(5)7(3)4;2*8-7(9)6-4-2-1-3-5-6/h6-8H,1-5H3;2*1-5H,(H,8,9). The van der Waals surface area contributed by atoms with Crippen LogP contribution < -0.4 is 0 Å². The van der Waals surface area contributed by atoms with Crippen molar-refractivity contribution in [2.75, 3.05) is 0 Å². The third kappa shape index (κ3) is 10.3. The van der Waals surface area contributed by atoms with Crippen molar-refractivity contribution in [3.05, 3.63) is 71.8 Å². The Hall–Kier alpha value is -2.62. The molecule has 0 amide bonds. The molecule has 2 aromatic rings. The molecule has 26 heavy (non-hydrogen) atoms. The molecule has 0 saturated heterocycles. The van der Waals surface area contributed by atoms with Gasteiger partial charge in [-0.3, -0.25) is 0 Å². The highest BCUT2D eigenvalue weighted by Crippen LogP contribution is 2.18. The average molecular weight is 358 g/mol. The maximum absolute atomic E-state index is 10.2. The monoisotopic (exact) mass is 358 g/mol. The van der Waals surface area contributed by atoms with Gasteiger partial charge in [0, 0.05) is 0 Å². The maximum atomic E-state index is 10.2. The predicted molar refractivity (Wildman–Crippen MR) is 106 cm³/mol. The molecule has 2 N–H and O–H groups in total. The fraction of sp³-hybridized carbons (Fsp3) is 0.364. The summed E-state index contributed by atoms with van der Waals surface area (Å²) >= 11 is 0. The van der Waals surface area contributed by atoms with Crippen molar-refractivity contribution < 1.29 is 19.8 Å². The Morgan fingerprint density at radius 3 is 1.00 bits per heavy atom. The minimum Gasteiger partial charge on any atom is -0.478 e. The number of rotatable bonds is 4. The lowest BCUT2D eigenvalue weighted by Crippen LogP contribution is -2.10. The SMILES string of the molecule is CC(C)C(C)C(C)C.O=C(O)c1ccccc1.O=C(O)c1ccccc1. The average Bonchev–Trinajstić information content (AvgIpc) is 2.63. The minimum atomic E-state index is -0.879. The normalized spacial score (nSPS) is 9.85. The van der Waals surface area contributed by atoms with Gasteiger partial charge in [-0.2, -0.15) is 0 Å². The lowest BCUT2D eigenvalue weighted by Gasteiger charge is -2.18. The number of hydrogen-bond acceptors (Lipinski definition) is 2. The lowest BCUT2D eigenvalue weighted by atomic mass is 9.88. The van der Waals surface area contributed by atoms with E-state index < -0.39 is 11.9 Å². The van der Waals surface area contributed by atoms with Crippen molar-refractivity contribution in [2.24, 2.45) is 17.8 Å². The van der Waals surface area contributed by atoms with E-state index in [0.29, 0.717) is 11.1 Å². The zero-order valence-corrected chi connectivity index (χ0v) is 16.2. The van der Waals surface area contributed by atoms with Crippen molar-refractivity contribution >= 4 is 11.9 Å². The largest absolute Gasteiger partial charge is 0.478 e. The van der Waals surface area contributed by atoms with E-state index in [1.165, 1.54) is 0 Å². The fourth-order valence-electron chi connectivity index (χ4n) is 1.93. The molecule has 0 aliphatic heterocycles. The van der Waals surface area contributed by atoms with Crippen LogP contribution >= 0.6 is 0 Å². The van der Waals surface area contributed by atoms with Crippen molar-refractivity contribution in [2.45, 2.75) is 34.6 Å². The molecule has 0 radical (unpaired) electrons. The molecule has 2 aromatic carbocycles. The Balaban J connectivity index is 0.000000362. The molecule has 0 fully saturated rings. The molecule has 0 aromatic heterocycles. The van der Waals surface area contributed by atoms with Crippen molar-refractivity contribution in [1.82, 2.24) is 0 Å². The molecule has 0 aliphatic carbocycles. The van der Waals surface area contributed by atoms with E-state index in [1.54, 1.807) is 60.7 Å². The van der Waals surface area contributed by atoms with Gasteiger partial charge in [-0.15, -0.1) is 0 Å². The lowest BCUT2D eigenvalue weighted by molar-refractivity contribution is 0.0686. The zero-order valence-electron chi connectivity index (χ0n) is 16.2. The second-order valence-corrected chi connectivity index (χ2v) is 6.69. The number of carboxylic acids is 2. The molecular formula is C22H30O4. The summed E-state index contributed by atoms with van der Waals surface area (Å²) in [6.07, 6.45) is 0. The van der Waals surface area contributed by atoms with Crippen molar-refractivity contribution in [3.8, 4) is 0 Å². The minimum absolute atomic E-state index is 0.331. The number of benzene rings is 2. The van der Waals surface area contributed by atoms with Crippen LogP contribution in [-0.4, -0.2) is 22.2 Å². The van der Waals surface area contributed by atoms with Crippen LogP contribution in [0.5, 0.6) is 0 Å². The van der Waals surface area contributed by atoms with Crippen LogP contribution in [0.3, 0.4) is 0 Å². The summed E-state index contributed by atoms with van der Waals surface area (Å²) in [6.45, 7) is 11.4. The van der Waals surface area contributed by atoms with Gasteiger partial charge in [0.05, 0.1) is 11.1 Å². The van der Waals surface area contributed by atoms with E-state index in [-0.39, 0.29) is 0 Å². The van der Waals surface area contributed by atoms with Gasteiger partial charge in [0.15, 0.2) is 0 Å². The van der Waals surface area contributed by atoms with Crippen LogP contribution in [0.15, 0.2) is 60.7 Å². The molecule has 0 atom stereocenters. The Morgan fingerprint density at radius 1 is 0.615 bits per heavy atom. The van der Waals surface area contributed by atoms with Crippen LogP contribution in [-0.2, 0) is 0 Å². The summed E-state index contributed by atoms with van der Waals surface area (Å²) < 4.78 is 0. The first kappa shape index (κ1) is 23.4. The molecule has 0 bridgehead atoms. The summed E-state index contributed by atoms with van der Waals surface area (Å²) in [5, 5.41) is 16.8. The van der Waals surface area contributed by atoms with Gasteiger partial charge in [-0.25, -0.2) is 9.59 Å². The first-order chi connectivity index (χ1) is 12.2. The summed E-state index contributed by atoms with van der Waals surface area (Å²) in [7, 11) is 0.